The quantitative estimate of drug-likeness (QED) is 0.698. The van der Waals surface area contributed by atoms with E-state index in [1.807, 2.05) is 0 Å². The van der Waals surface area contributed by atoms with Crippen LogP contribution in [0.15, 0.2) is 29.0 Å². The van der Waals surface area contributed by atoms with Crippen molar-refractivity contribution in [2.75, 3.05) is 5.32 Å². The minimum absolute atomic E-state index is 0.0836. The van der Waals surface area contributed by atoms with Gasteiger partial charge < -0.3 is 10.3 Å². The SMILES string of the molecule is Fc1ccc(Nc2nc(Cl)nc3nc[nH]c23)c(Br)c1. The minimum Gasteiger partial charge on any atom is -0.340 e. The lowest BCUT2D eigenvalue weighted by molar-refractivity contribution is 0.627. The molecule has 8 heteroatoms. The predicted molar refractivity (Wildman–Crippen MR) is 74.1 cm³/mol. The van der Waals surface area contributed by atoms with Crippen LogP contribution in [-0.4, -0.2) is 19.9 Å². The summed E-state index contributed by atoms with van der Waals surface area (Å²) in [7, 11) is 0. The Bertz CT molecular complexity index is 760. The van der Waals surface area contributed by atoms with Crippen molar-refractivity contribution in [1.82, 2.24) is 19.9 Å². The first kappa shape index (κ1) is 12.3. The van der Waals surface area contributed by atoms with E-state index in [1.54, 1.807) is 6.07 Å². The van der Waals surface area contributed by atoms with Gasteiger partial charge in [0.1, 0.15) is 11.3 Å². The molecule has 5 nitrogen and oxygen atoms in total. The zero-order valence-electron chi connectivity index (χ0n) is 9.28. The van der Waals surface area contributed by atoms with Crippen LogP contribution in [0.3, 0.4) is 0 Å². The monoisotopic (exact) mass is 341 g/mol. The number of nitrogens with one attached hydrogen (secondary N) is 2. The average Bonchev–Trinajstić information content (AvgIpc) is 2.80. The Morgan fingerprint density at radius 1 is 1.32 bits per heavy atom. The van der Waals surface area contributed by atoms with Gasteiger partial charge in [0, 0.05) is 4.47 Å². The number of H-pyrrole nitrogens is 1. The molecular formula is C11H6BrClFN5. The molecule has 0 spiro atoms. The summed E-state index contributed by atoms with van der Waals surface area (Å²) in [5, 5.41) is 3.13. The lowest BCUT2D eigenvalue weighted by Crippen LogP contribution is -1.98. The highest BCUT2D eigenvalue weighted by atomic mass is 79.9. The Labute approximate surface area is 120 Å². The summed E-state index contributed by atoms with van der Waals surface area (Å²) in [6, 6.07) is 4.30. The van der Waals surface area contributed by atoms with Crippen molar-refractivity contribution in [1.29, 1.82) is 0 Å². The van der Waals surface area contributed by atoms with Gasteiger partial charge in [-0.05, 0) is 45.7 Å². The molecule has 0 saturated heterocycles. The lowest BCUT2D eigenvalue weighted by atomic mass is 10.3. The van der Waals surface area contributed by atoms with Gasteiger partial charge in [-0.2, -0.15) is 9.97 Å². The third kappa shape index (κ3) is 2.39. The van der Waals surface area contributed by atoms with Gasteiger partial charge in [0.15, 0.2) is 11.5 Å². The van der Waals surface area contributed by atoms with Crippen molar-refractivity contribution in [2.24, 2.45) is 0 Å². The largest absolute Gasteiger partial charge is 0.340 e. The molecule has 0 aliphatic heterocycles. The molecule has 0 saturated carbocycles. The van der Waals surface area contributed by atoms with Crippen LogP contribution < -0.4 is 5.32 Å². The van der Waals surface area contributed by atoms with Crippen molar-refractivity contribution >= 4 is 50.2 Å². The van der Waals surface area contributed by atoms with Crippen LogP contribution in [0.1, 0.15) is 0 Å². The number of hydrogen-bond donors (Lipinski definition) is 2. The highest BCUT2D eigenvalue weighted by Gasteiger charge is 2.10. The number of hydrogen-bond acceptors (Lipinski definition) is 4. The fraction of sp³-hybridized carbons (Fsp3) is 0. The van der Waals surface area contributed by atoms with Crippen LogP contribution in [0.2, 0.25) is 5.28 Å². The van der Waals surface area contributed by atoms with Crippen LogP contribution in [0.25, 0.3) is 11.2 Å². The number of rotatable bonds is 2. The summed E-state index contributed by atoms with van der Waals surface area (Å²) in [6.07, 6.45) is 1.50. The molecule has 2 heterocycles. The van der Waals surface area contributed by atoms with Gasteiger partial charge in [0.2, 0.25) is 5.28 Å². The Morgan fingerprint density at radius 2 is 2.16 bits per heavy atom. The van der Waals surface area contributed by atoms with E-state index >= 15 is 0 Å². The normalized spacial score (nSPS) is 10.9. The zero-order chi connectivity index (χ0) is 13.4. The summed E-state index contributed by atoms with van der Waals surface area (Å²) in [4.78, 5) is 15.0. The fourth-order valence-corrected chi connectivity index (χ4v) is 2.23. The topological polar surface area (TPSA) is 66.5 Å². The standard InChI is InChI=1S/C11H6BrClFN5/c12-6-3-5(14)1-2-7(6)17-10-8-9(16-4-15-8)18-11(13)19-10/h1-4H,(H2,15,16,17,18,19). The van der Waals surface area contributed by atoms with E-state index in [2.05, 4.69) is 41.2 Å². The third-order valence-corrected chi connectivity index (χ3v) is 3.27. The Morgan fingerprint density at radius 3 is 2.95 bits per heavy atom. The number of fused-ring (bicyclic) bond motifs is 1. The second kappa shape index (κ2) is 4.75. The van der Waals surface area contributed by atoms with Gasteiger partial charge >= 0.3 is 0 Å². The van der Waals surface area contributed by atoms with E-state index < -0.39 is 0 Å². The first-order valence-electron chi connectivity index (χ1n) is 5.22. The van der Waals surface area contributed by atoms with Crippen LogP contribution in [0.5, 0.6) is 0 Å². The number of anilines is 2. The number of benzene rings is 1. The van der Waals surface area contributed by atoms with Crippen molar-refractivity contribution < 1.29 is 4.39 Å². The van der Waals surface area contributed by atoms with Crippen LogP contribution >= 0.6 is 27.5 Å². The number of halogens is 3. The summed E-state index contributed by atoms with van der Waals surface area (Å²) >= 11 is 9.10. The predicted octanol–water partition coefficient (Wildman–Crippen LogP) is 3.65. The molecule has 0 fully saturated rings. The van der Waals surface area contributed by atoms with E-state index in [4.69, 9.17) is 11.6 Å². The smallest absolute Gasteiger partial charge is 0.226 e. The van der Waals surface area contributed by atoms with Crippen LogP contribution in [0.4, 0.5) is 15.9 Å². The fourth-order valence-electron chi connectivity index (χ4n) is 1.62. The van der Waals surface area contributed by atoms with Gasteiger partial charge in [0.05, 0.1) is 12.0 Å². The molecule has 0 atom stereocenters. The van der Waals surface area contributed by atoms with E-state index in [0.717, 1.165) is 0 Å². The third-order valence-electron chi connectivity index (χ3n) is 2.44. The molecule has 2 aromatic heterocycles. The van der Waals surface area contributed by atoms with Crippen LogP contribution in [-0.2, 0) is 0 Å². The zero-order valence-corrected chi connectivity index (χ0v) is 11.6. The van der Waals surface area contributed by atoms with E-state index in [0.29, 0.717) is 27.1 Å². The summed E-state index contributed by atoms with van der Waals surface area (Å²) in [5.74, 6) is 0.143. The minimum atomic E-state index is -0.329. The Kier molecular flexibility index (Phi) is 3.08. The molecule has 19 heavy (non-hydrogen) atoms. The molecule has 3 aromatic rings. The second-order valence-corrected chi connectivity index (χ2v) is 4.88. The first-order chi connectivity index (χ1) is 9.13. The average molecular weight is 343 g/mol. The van der Waals surface area contributed by atoms with Crippen molar-refractivity contribution in [3.05, 3.63) is 40.1 Å². The molecule has 2 N–H and O–H groups in total. The molecule has 0 radical (unpaired) electrons. The molecule has 1 aromatic carbocycles. The Balaban J connectivity index is 2.07. The van der Waals surface area contributed by atoms with Crippen molar-refractivity contribution in [2.45, 2.75) is 0 Å². The highest BCUT2D eigenvalue weighted by Crippen LogP contribution is 2.28. The molecule has 96 valence electrons. The van der Waals surface area contributed by atoms with Gasteiger partial charge in [-0.15, -0.1) is 0 Å². The van der Waals surface area contributed by atoms with Gasteiger partial charge in [-0.25, -0.2) is 9.37 Å². The first-order valence-corrected chi connectivity index (χ1v) is 6.39. The lowest BCUT2D eigenvalue weighted by Gasteiger charge is -2.08. The van der Waals surface area contributed by atoms with E-state index in [1.165, 1.54) is 18.5 Å². The number of nitrogens with zero attached hydrogens (tertiary/aromatic N) is 3. The second-order valence-electron chi connectivity index (χ2n) is 3.69. The van der Waals surface area contributed by atoms with Crippen molar-refractivity contribution in [3.63, 3.8) is 0 Å². The molecular weight excluding hydrogens is 337 g/mol. The maximum atomic E-state index is 13.0. The van der Waals surface area contributed by atoms with Crippen molar-refractivity contribution in [3.8, 4) is 0 Å². The van der Waals surface area contributed by atoms with Crippen LogP contribution in [0, 0.1) is 5.82 Å². The maximum absolute atomic E-state index is 13.0. The van der Waals surface area contributed by atoms with Gasteiger partial charge in [-0.1, -0.05) is 0 Å². The molecule has 0 aliphatic rings. The molecule has 0 amide bonds. The summed E-state index contributed by atoms with van der Waals surface area (Å²) in [6.45, 7) is 0. The number of aromatic nitrogens is 4. The maximum Gasteiger partial charge on any atom is 0.226 e. The summed E-state index contributed by atoms with van der Waals surface area (Å²) < 4.78 is 13.6. The number of imidazole rings is 1. The number of aromatic amines is 1. The molecule has 3 rings (SSSR count). The van der Waals surface area contributed by atoms with Gasteiger partial charge in [0.25, 0.3) is 0 Å². The molecule has 0 bridgehead atoms. The molecule has 0 unspecified atom stereocenters. The molecule has 0 aliphatic carbocycles. The van der Waals surface area contributed by atoms with Gasteiger partial charge in [-0.3, -0.25) is 0 Å². The Hall–Kier alpha value is -1.73. The van der Waals surface area contributed by atoms with E-state index in [-0.39, 0.29) is 11.1 Å². The summed E-state index contributed by atoms with van der Waals surface area (Å²) in [5.41, 5.74) is 1.74. The van der Waals surface area contributed by atoms with E-state index in [9.17, 15) is 4.39 Å². The highest BCUT2D eigenvalue weighted by molar-refractivity contribution is 9.10.